The molecule has 0 aromatic carbocycles. The van der Waals surface area contributed by atoms with Crippen molar-refractivity contribution >= 4 is 18.9 Å². The van der Waals surface area contributed by atoms with E-state index < -0.39 is 11.9 Å². The quantitative estimate of drug-likeness (QED) is 0.351. The summed E-state index contributed by atoms with van der Waals surface area (Å²) in [7, 11) is 0. The van der Waals surface area contributed by atoms with Gasteiger partial charge in [-0.25, -0.2) is 0 Å². The van der Waals surface area contributed by atoms with Crippen LogP contribution in [0.5, 0.6) is 0 Å². The summed E-state index contributed by atoms with van der Waals surface area (Å²) in [6.07, 6.45) is -0.514. The molecule has 0 aromatic rings. The van der Waals surface area contributed by atoms with Gasteiger partial charge in [-0.15, -0.1) is 0 Å². The third-order valence-corrected chi connectivity index (χ3v) is 4.27. The average Bonchev–Trinajstić information content (AvgIpc) is 2.60. The minimum atomic E-state index is -0.625. The van der Waals surface area contributed by atoms with Crippen molar-refractivity contribution in [3.8, 4) is 0 Å². The van der Waals surface area contributed by atoms with E-state index in [1.165, 1.54) is 0 Å². The molecule has 0 radical (unpaired) electrons. The standard InChI is InChI=1S/C15H32N4O3.Li.H/c1-15(2)21-10-12(14(20)11-22-15)13-9-18-6-5-16-3-4-17-7-8-19-13;;/h12-14,16-20H,3-11H2,1-2H3;;. The first kappa shape index (κ1) is 21.4. The molecule has 2 saturated heterocycles. The molecule has 5 N–H and O–H groups in total. The Balaban J connectivity index is 0.00000264. The van der Waals surface area contributed by atoms with E-state index in [2.05, 4.69) is 21.3 Å². The van der Waals surface area contributed by atoms with Crippen LogP contribution in [0, 0.1) is 5.92 Å². The number of aliphatic hydroxyl groups excluding tert-OH is 1. The van der Waals surface area contributed by atoms with Crippen LogP contribution in [-0.2, 0) is 9.47 Å². The van der Waals surface area contributed by atoms with Crippen molar-refractivity contribution in [2.45, 2.75) is 31.8 Å². The maximum absolute atomic E-state index is 10.4. The molecule has 3 unspecified atom stereocenters. The fraction of sp³-hybridized carbons (Fsp3) is 1.00. The third kappa shape index (κ3) is 7.82. The molecular weight excluding hydrogens is 291 g/mol. The molecule has 23 heavy (non-hydrogen) atoms. The molecule has 2 aliphatic rings. The van der Waals surface area contributed by atoms with Gasteiger partial charge in [0.05, 0.1) is 19.3 Å². The summed E-state index contributed by atoms with van der Waals surface area (Å²) < 4.78 is 11.4. The van der Waals surface area contributed by atoms with Crippen LogP contribution in [0.2, 0.25) is 0 Å². The molecule has 132 valence electrons. The van der Waals surface area contributed by atoms with Gasteiger partial charge in [0.15, 0.2) is 5.79 Å². The molecule has 0 saturated carbocycles. The minimum absolute atomic E-state index is 0. The Kier molecular flexibility index (Phi) is 10.2. The number of hydrogen-bond donors (Lipinski definition) is 5. The van der Waals surface area contributed by atoms with Crippen LogP contribution < -0.4 is 21.3 Å². The van der Waals surface area contributed by atoms with Crippen LogP contribution in [-0.4, -0.2) is 101 Å². The normalized spacial score (nSPS) is 34.3. The predicted octanol–water partition coefficient (Wildman–Crippen LogP) is -2.16. The third-order valence-electron chi connectivity index (χ3n) is 4.27. The number of ether oxygens (including phenoxy) is 2. The van der Waals surface area contributed by atoms with Crippen molar-refractivity contribution in [1.29, 1.82) is 0 Å². The van der Waals surface area contributed by atoms with E-state index in [-0.39, 0.29) is 30.8 Å². The second-order valence-electron chi connectivity index (χ2n) is 6.52. The molecule has 0 aromatic heterocycles. The van der Waals surface area contributed by atoms with Crippen LogP contribution in [0.1, 0.15) is 13.8 Å². The first-order valence-electron chi connectivity index (χ1n) is 8.40. The van der Waals surface area contributed by atoms with E-state index in [0.29, 0.717) is 13.2 Å². The summed E-state index contributed by atoms with van der Waals surface area (Å²) in [6.45, 7) is 11.1. The molecule has 0 bridgehead atoms. The number of hydrogen-bond acceptors (Lipinski definition) is 7. The molecule has 0 spiro atoms. The van der Waals surface area contributed by atoms with Crippen LogP contribution in [0.15, 0.2) is 0 Å². The molecule has 3 atom stereocenters. The van der Waals surface area contributed by atoms with Crippen molar-refractivity contribution in [1.82, 2.24) is 21.3 Å². The Morgan fingerprint density at radius 1 is 0.870 bits per heavy atom. The van der Waals surface area contributed by atoms with Gasteiger partial charge >= 0.3 is 18.9 Å². The van der Waals surface area contributed by atoms with Gasteiger partial charge < -0.3 is 35.8 Å². The van der Waals surface area contributed by atoms with E-state index >= 15 is 0 Å². The zero-order valence-electron chi connectivity index (χ0n) is 13.9. The second kappa shape index (κ2) is 11.0. The van der Waals surface area contributed by atoms with Crippen molar-refractivity contribution in [3.63, 3.8) is 0 Å². The topological polar surface area (TPSA) is 86.8 Å². The zero-order chi connectivity index (χ0) is 15.8. The van der Waals surface area contributed by atoms with Gasteiger partial charge in [-0.3, -0.25) is 0 Å². The van der Waals surface area contributed by atoms with E-state index in [1.54, 1.807) is 0 Å². The second-order valence-corrected chi connectivity index (χ2v) is 6.52. The van der Waals surface area contributed by atoms with Gasteiger partial charge in [-0.05, 0) is 13.8 Å². The Morgan fingerprint density at radius 2 is 1.43 bits per heavy atom. The van der Waals surface area contributed by atoms with Crippen molar-refractivity contribution in [3.05, 3.63) is 0 Å². The maximum atomic E-state index is 10.4. The Hall–Kier alpha value is 0.317. The molecule has 8 heteroatoms. The number of rotatable bonds is 1. The van der Waals surface area contributed by atoms with Gasteiger partial charge in [0.2, 0.25) is 0 Å². The summed E-state index contributed by atoms with van der Waals surface area (Å²) in [5.74, 6) is -0.606. The molecule has 7 nitrogen and oxygen atoms in total. The monoisotopic (exact) mass is 324 g/mol. The van der Waals surface area contributed by atoms with Crippen molar-refractivity contribution in [2.75, 3.05) is 59.0 Å². The first-order chi connectivity index (χ1) is 10.6. The van der Waals surface area contributed by atoms with Gasteiger partial charge in [-0.1, -0.05) is 0 Å². The molecular formula is C15H33LiN4O3. The Bertz CT molecular complexity index is 311. The summed E-state index contributed by atoms with van der Waals surface area (Å²) in [5.41, 5.74) is 0. The molecule has 2 heterocycles. The summed E-state index contributed by atoms with van der Waals surface area (Å²) in [5, 5.41) is 24.2. The fourth-order valence-corrected chi connectivity index (χ4v) is 2.83. The molecule has 0 amide bonds. The van der Waals surface area contributed by atoms with Crippen LogP contribution in [0.4, 0.5) is 0 Å². The molecule has 0 aliphatic carbocycles. The number of aliphatic hydroxyl groups is 1. The van der Waals surface area contributed by atoms with Crippen molar-refractivity contribution in [2.24, 2.45) is 5.92 Å². The molecule has 2 rings (SSSR count). The number of nitrogens with one attached hydrogen (secondary N) is 4. The summed E-state index contributed by atoms with van der Waals surface area (Å²) >= 11 is 0. The summed E-state index contributed by atoms with van der Waals surface area (Å²) in [4.78, 5) is 0. The SMILES string of the molecule is CC1(C)OCC(O)C(C2CNCCNCCNCCN2)CO1.[LiH]. The van der Waals surface area contributed by atoms with Gasteiger partial charge in [0.25, 0.3) is 0 Å². The molecule has 2 aliphatic heterocycles. The fourth-order valence-electron chi connectivity index (χ4n) is 2.83. The first-order valence-corrected chi connectivity index (χ1v) is 8.40. The van der Waals surface area contributed by atoms with Gasteiger partial charge in [0.1, 0.15) is 0 Å². The van der Waals surface area contributed by atoms with Crippen LogP contribution in [0.25, 0.3) is 0 Å². The van der Waals surface area contributed by atoms with Gasteiger partial charge in [0, 0.05) is 57.8 Å². The predicted molar refractivity (Wildman–Crippen MR) is 93.0 cm³/mol. The van der Waals surface area contributed by atoms with Crippen LogP contribution in [0.3, 0.4) is 0 Å². The Labute approximate surface area is 151 Å². The summed E-state index contributed by atoms with van der Waals surface area (Å²) in [6, 6.07) is 0.161. The average molecular weight is 324 g/mol. The zero-order valence-corrected chi connectivity index (χ0v) is 13.9. The van der Waals surface area contributed by atoms with E-state index in [9.17, 15) is 5.11 Å². The van der Waals surface area contributed by atoms with E-state index in [1.807, 2.05) is 13.8 Å². The van der Waals surface area contributed by atoms with E-state index in [0.717, 1.165) is 45.8 Å². The Morgan fingerprint density at radius 3 is 2.13 bits per heavy atom. The molecule has 2 fully saturated rings. The van der Waals surface area contributed by atoms with Crippen molar-refractivity contribution < 1.29 is 14.6 Å². The van der Waals surface area contributed by atoms with E-state index in [4.69, 9.17) is 9.47 Å². The van der Waals surface area contributed by atoms with Crippen LogP contribution >= 0.6 is 0 Å². The van der Waals surface area contributed by atoms with Gasteiger partial charge in [-0.2, -0.15) is 0 Å².